The summed E-state index contributed by atoms with van der Waals surface area (Å²) >= 11 is 1.92. The second-order valence-corrected chi connectivity index (χ2v) is 6.37. The summed E-state index contributed by atoms with van der Waals surface area (Å²) in [6.45, 7) is 6.72. The Morgan fingerprint density at radius 2 is 1.88 bits per heavy atom. The van der Waals surface area contributed by atoms with E-state index in [0.29, 0.717) is 6.04 Å². The third-order valence-electron chi connectivity index (χ3n) is 3.40. The van der Waals surface area contributed by atoms with Crippen molar-refractivity contribution >= 4 is 11.3 Å². The highest BCUT2D eigenvalue weighted by Gasteiger charge is 2.13. The summed E-state index contributed by atoms with van der Waals surface area (Å²) in [5.41, 5.74) is 1.52. The molecule has 1 atom stereocenters. The zero-order valence-electron chi connectivity index (χ0n) is 11.8. The van der Waals surface area contributed by atoms with Crippen LogP contribution in [-0.4, -0.2) is 7.05 Å². The van der Waals surface area contributed by atoms with Crippen LogP contribution in [0, 0.1) is 13.8 Å². The van der Waals surface area contributed by atoms with Gasteiger partial charge in [0.2, 0.25) is 0 Å². The molecule has 17 heavy (non-hydrogen) atoms. The minimum atomic E-state index is 0.557. The van der Waals surface area contributed by atoms with E-state index in [2.05, 4.69) is 39.2 Å². The molecule has 2 heteroatoms. The van der Waals surface area contributed by atoms with Crippen LogP contribution < -0.4 is 5.32 Å². The van der Waals surface area contributed by atoms with Gasteiger partial charge in [0, 0.05) is 15.8 Å². The molecule has 0 amide bonds. The Balaban J connectivity index is 2.40. The first-order chi connectivity index (χ1) is 8.19. The fourth-order valence-electron chi connectivity index (χ4n) is 2.40. The van der Waals surface area contributed by atoms with Crippen LogP contribution >= 0.6 is 11.3 Å². The molecule has 1 heterocycles. The molecule has 0 bridgehead atoms. The first-order valence-electron chi connectivity index (χ1n) is 6.93. The van der Waals surface area contributed by atoms with Crippen LogP contribution in [0.25, 0.3) is 0 Å². The quantitative estimate of drug-likeness (QED) is 0.644. The van der Waals surface area contributed by atoms with Gasteiger partial charge in [-0.1, -0.05) is 39.0 Å². The van der Waals surface area contributed by atoms with Gasteiger partial charge < -0.3 is 5.32 Å². The highest BCUT2D eigenvalue weighted by atomic mass is 32.1. The molecule has 98 valence electrons. The van der Waals surface area contributed by atoms with E-state index in [4.69, 9.17) is 0 Å². The Kier molecular flexibility index (Phi) is 6.83. The maximum Gasteiger partial charge on any atom is 0.0328 e. The summed E-state index contributed by atoms with van der Waals surface area (Å²) in [4.78, 5) is 2.92. The molecule has 0 aliphatic rings. The van der Waals surface area contributed by atoms with E-state index in [1.165, 1.54) is 53.8 Å². The van der Waals surface area contributed by atoms with Crippen molar-refractivity contribution in [2.45, 2.75) is 65.3 Å². The lowest BCUT2D eigenvalue weighted by Crippen LogP contribution is -2.16. The minimum absolute atomic E-state index is 0.557. The molecule has 0 saturated carbocycles. The molecule has 1 rings (SSSR count). The molecule has 0 aliphatic heterocycles. The zero-order valence-corrected chi connectivity index (χ0v) is 12.6. The summed E-state index contributed by atoms with van der Waals surface area (Å²) in [6, 6.07) is 2.91. The first-order valence-corrected chi connectivity index (χ1v) is 7.74. The average Bonchev–Trinajstić information content (AvgIpc) is 2.63. The molecule has 1 unspecified atom stereocenters. The molecule has 1 aromatic rings. The summed E-state index contributed by atoms with van der Waals surface area (Å²) in [5, 5.41) is 3.47. The molecule has 0 saturated heterocycles. The fraction of sp³-hybridized carbons (Fsp3) is 0.733. The third-order valence-corrected chi connectivity index (χ3v) is 4.38. The maximum atomic E-state index is 3.47. The number of hydrogen-bond acceptors (Lipinski definition) is 2. The monoisotopic (exact) mass is 253 g/mol. The number of nitrogens with one attached hydrogen (secondary N) is 1. The number of aryl methyl sites for hydroxylation is 2. The highest BCUT2D eigenvalue weighted by Crippen LogP contribution is 2.29. The number of hydrogen-bond donors (Lipinski definition) is 1. The largest absolute Gasteiger partial charge is 0.313 e. The van der Waals surface area contributed by atoms with E-state index in [-0.39, 0.29) is 0 Å². The van der Waals surface area contributed by atoms with Crippen molar-refractivity contribution in [2.75, 3.05) is 7.05 Å². The first kappa shape index (κ1) is 14.7. The lowest BCUT2D eigenvalue weighted by atomic mass is 10.0. The fourth-order valence-corrected chi connectivity index (χ4v) is 3.39. The molecule has 0 fully saturated rings. The Hall–Kier alpha value is -0.340. The topological polar surface area (TPSA) is 12.0 Å². The van der Waals surface area contributed by atoms with Gasteiger partial charge in [-0.05, 0) is 38.9 Å². The Labute approximate surface area is 111 Å². The van der Waals surface area contributed by atoms with Crippen molar-refractivity contribution in [3.63, 3.8) is 0 Å². The standard InChI is InChI=1S/C15H27NS/c1-5-6-7-8-9-10-15(16-4)14-11-12(2)17-13(14)3/h11,15-16H,5-10H2,1-4H3. The smallest absolute Gasteiger partial charge is 0.0328 e. The van der Waals surface area contributed by atoms with Crippen LogP contribution in [0.4, 0.5) is 0 Å². The summed E-state index contributed by atoms with van der Waals surface area (Å²) in [7, 11) is 2.09. The number of unbranched alkanes of at least 4 members (excludes halogenated alkanes) is 4. The van der Waals surface area contributed by atoms with Gasteiger partial charge in [0.1, 0.15) is 0 Å². The Morgan fingerprint density at radius 3 is 2.41 bits per heavy atom. The summed E-state index contributed by atoms with van der Waals surface area (Å²) < 4.78 is 0. The molecular formula is C15H27NS. The van der Waals surface area contributed by atoms with E-state index in [1.807, 2.05) is 11.3 Å². The van der Waals surface area contributed by atoms with Gasteiger partial charge in [-0.15, -0.1) is 11.3 Å². The normalized spacial score (nSPS) is 12.9. The zero-order chi connectivity index (χ0) is 12.7. The molecule has 0 aliphatic carbocycles. The number of rotatable bonds is 8. The highest BCUT2D eigenvalue weighted by molar-refractivity contribution is 7.12. The van der Waals surface area contributed by atoms with Crippen LogP contribution in [0.1, 0.15) is 66.8 Å². The van der Waals surface area contributed by atoms with Crippen molar-refractivity contribution < 1.29 is 0 Å². The second-order valence-electron chi connectivity index (χ2n) is 4.91. The van der Waals surface area contributed by atoms with Gasteiger partial charge in [0.05, 0.1) is 0 Å². The van der Waals surface area contributed by atoms with Crippen LogP contribution in [-0.2, 0) is 0 Å². The van der Waals surface area contributed by atoms with E-state index < -0.39 is 0 Å². The Morgan fingerprint density at radius 1 is 1.18 bits per heavy atom. The number of thiophene rings is 1. The van der Waals surface area contributed by atoms with Crippen LogP contribution in [0.15, 0.2) is 6.07 Å². The lowest BCUT2D eigenvalue weighted by molar-refractivity contribution is 0.500. The van der Waals surface area contributed by atoms with Gasteiger partial charge in [-0.3, -0.25) is 0 Å². The molecular weight excluding hydrogens is 226 g/mol. The average molecular weight is 253 g/mol. The summed E-state index contributed by atoms with van der Waals surface area (Å²) in [5.74, 6) is 0. The molecule has 0 spiro atoms. The SMILES string of the molecule is CCCCCCCC(NC)c1cc(C)sc1C. The van der Waals surface area contributed by atoms with E-state index in [1.54, 1.807) is 0 Å². The molecule has 1 N–H and O–H groups in total. The van der Waals surface area contributed by atoms with Crippen molar-refractivity contribution in [1.82, 2.24) is 5.32 Å². The molecule has 1 nitrogen and oxygen atoms in total. The van der Waals surface area contributed by atoms with Crippen molar-refractivity contribution in [3.05, 3.63) is 21.4 Å². The minimum Gasteiger partial charge on any atom is -0.313 e. The van der Waals surface area contributed by atoms with Crippen molar-refractivity contribution in [2.24, 2.45) is 0 Å². The molecule has 0 radical (unpaired) electrons. The van der Waals surface area contributed by atoms with E-state index >= 15 is 0 Å². The van der Waals surface area contributed by atoms with Crippen LogP contribution in [0.5, 0.6) is 0 Å². The van der Waals surface area contributed by atoms with Gasteiger partial charge in [0.25, 0.3) is 0 Å². The molecule has 1 aromatic heterocycles. The summed E-state index contributed by atoms with van der Waals surface area (Å²) in [6.07, 6.45) is 8.12. The van der Waals surface area contributed by atoms with Gasteiger partial charge in [-0.25, -0.2) is 0 Å². The molecule has 0 aromatic carbocycles. The lowest BCUT2D eigenvalue weighted by Gasteiger charge is -2.16. The van der Waals surface area contributed by atoms with Crippen LogP contribution in [0.2, 0.25) is 0 Å². The maximum absolute atomic E-state index is 3.47. The second kappa shape index (κ2) is 7.88. The predicted molar refractivity (Wildman–Crippen MR) is 79.0 cm³/mol. The van der Waals surface area contributed by atoms with Gasteiger partial charge in [0.15, 0.2) is 0 Å². The van der Waals surface area contributed by atoms with Crippen molar-refractivity contribution in [1.29, 1.82) is 0 Å². The third kappa shape index (κ3) is 4.81. The van der Waals surface area contributed by atoms with E-state index in [0.717, 1.165) is 0 Å². The van der Waals surface area contributed by atoms with Gasteiger partial charge >= 0.3 is 0 Å². The van der Waals surface area contributed by atoms with Crippen LogP contribution in [0.3, 0.4) is 0 Å². The van der Waals surface area contributed by atoms with Gasteiger partial charge in [-0.2, -0.15) is 0 Å². The Bertz CT molecular complexity index is 317. The van der Waals surface area contributed by atoms with E-state index in [9.17, 15) is 0 Å². The predicted octanol–water partition coefficient (Wildman–Crippen LogP) is 4.99. The van der Waals surface area contributed by atoms with Crippen molar-refractivity contribution in [3.8, 4) is 0 Å².